The second-order valence-corrected chi connectivity index (χ2v) is 8.13. The first kappa shape index (κ1) is 19.6. The highest BCUT2D eigenvalue weighted by Gasteiger charge is 2.19. The molecule has 0 amide bonds. The number of hydrogen-bond donors (Lipinski definition) is 0. The van der Waals surface area contributed by atoms with Crippen molar-refractivity contribution in [3.63, 3.8) is 0 Å². The van der Waals surface area contributed by atoms with E-state index in [9.17, 15) is 4.79 Å². The number of aromatic nitrogens is 1. The molecule has 2 heterocycles. The summed E-state index contributed by atoms with van der Waals surface area (Å²) < 4.78 is 9.15. The maximum absolute atomic E-state index is 11.9. The van der Waals surface area contributed by atoms with Crippen LogP contribution in [-0.4, -0.2) is 47.6 Å². The van der Waals surface area contributed by atoms with E-state index >= 15 is 0 Å². The number of benzene rings is 1. The number of rotatable bonds is 8. The van der Waals surface area contributed by atoms with E-state index < -0.39 is 0 Å². The van der Waals surface area contributed by atoms with Crippen LogP contribution >= 0.6 is 15.9 Å². The van der Waals surface area contributed by atoms with Crippen molar-refractivity contribution in [1.82, 2.24) is 9.47 Å². The van der Waals surface area contributed by atoms with Gasteiger partial charge in [0.25, 0.3) is 0 Å². The Morgan fingerprint density at radius 3 is 2.73 bits per heavy atom. The van der Waals surface area contributed by atoms with Gasteiger partial charge >= 0.3 is 0 Å². The van der Waals surface area contributed by atoms with Crippen molar-refractivity contribution in [1.29, 1.82) is 0 Å². The largest absolute Gasteiger partial charge is 0.378 e. The van der Waals surface area contributed by atoms with Gasteiger partial charge in [-0.2, -0.15) is 0 Å². The average molecular weight is 421 g/mol. The Labute approximate surface area is 164 Å². The highest BCUT2D eigenvalue weighted by molar-refractivity contribution is 9.10. The third-order valence-electron chi connectivity index (χ3n) is 5.19. The molecule has 5 heteroatoms. The second kappa shape index (κ2) is 9.16. The summed E-state index contributed by atoms with van der Waals surface area (Å²) in [5.41, 5.74) is 1.96. The van der Waals surface area contributed by atoms with Crippen LogP contribution in [-0.2, 0) is 11.3 Å². The van der Waals surface area contributed by atoms with Crippen LogP contribution in [0.4, 0.5) is 0 Å². The highest BCUT2D eigenvalue weighted by Crippen LogP contribution is 2.26. The summed E-state index contributed by atoms with van der Waals surface area (Å²) in [5, 5.41) is 1.05. The molecule has 0 saturated carbocycles. The number of ether oxygens (including phenoxy) is 1. The minimum absolute atomic E-state index is 0.130. The van der Waals surface area contributed by atoms with Gasteiger partial charge in [0, 0.05) is 53.4 Å². The summed E-state index contributed by atoms with van der Waals surface area (Å²) >= 11 is 3.55. The van der Waals surface area contributed by atoms with Crippen molar-refractivity contribution in [2.45, 2.75) is 52.2 Å². The van der Waals surface area contributed by atoms with E-state index in [0.717, 1.165) is 79.4 Å². The summed E-state index contributed by atoms with van der Waals surface area (Å²) in [6.07, 6.45) is 6.96. The van der Waals surface area contributed by atoms with Gasteiger partial charge < -0.3 is 14.2 Å². The number of ketones is 1. The second-order valence-electron chi connectivity index (χ2n) is 7.22. The van der Waals surface area contributed by atoms with Gasteiger partial charge in [-0.3, -0.25) is 4.79 Å². The lowest BCUT2D eigenvalue weighted by atomic mass is 10.1. The van der Waals surface area contributed by atoms with Crippen molar-refractivity contribution in [2.75, 3.05) is 26.2 Å². The summed E-state index contributed by atoms with van der Waals surface area (Å²) in [4.78, 5) is 14.5. The number of Topliss-reactive ketones (excluding diaryl/α,β-unsaturated/α-hetero) is 1. The Kier molecular flexibility index (Phi) is 6.90. The van der Waals surface area contributed by atoms with Gasteiger partial charge in [0.15, 0.2) is 5.78 Å². The van der Waals surface area contributed by atoms with Crippen molar-refractivity contribution in [3.05, 3.63) is 34.4 Å². The number of piperidine rings is 1. The number of carbonyl (C=O) groups is 1. The van der Waals surface area contributed by atoms with Crippen LogP contribution in [0.15, 0.2) is 28.9 Å². The van der Waals surface area contributed by atoms with E-state index in [0.29, 0.717) is 6.10 Å². The van der Waals surface area contributed by atoms with Crippen molar-refractivity contribution >= 4 is 32.6 Å². The molecule has 3 rings (SSSR count). The molecule has 2 aromatic rings. The van der Waals surface area contributed by atoms with Gasteiger partial charge in [-0.25, -0.2) is 0 Å². The lowest BCUT2D eigenvalue weighted by Crippen LogP contribution is -2.37. The van der Waals surface area contributed by atoms with Gasteiger partial charge in [-0.15, -0.1) is 0 Å². The smallest absolute Gasteiger partial charge is 0.161 e. The molecule has 0 radical (unpaired) electrons. The molecule has 0 bridgehead atoms. The summed E-state index contributed by atoms with van der Waals surface area (Å²) in [5.74, 6) is 0.130. The highest BCUT2D eigenvalue weighted by atomic mass is 79.9. The molecule has 1 aromatic carbocycles. The number of carbonyl (C=O) groups excluding carboxylic acids is 1. The van der Waals surface area contributed by atoms with E-state index in [2.05, 4.69) is 38.4 Å². The van der Waals surface area contributed by atoms with Gasteiger partial charge in [0.05, 0.1) is 6.10 Å². The van der Waals surface area contributed by atoms with Crippen molar-refractivity contribution < 1.29 is 9.53 Å². The SMILES string of the molecule is CCCOC1CCN(CCCn2cc(C(C)=O)c3ccc(Br)cc32)CC1. The molecule has 1 aliphatic heterocycles. The fraction of sp³-hybridized carbons (Fsp3) is 0.571. The van der Waals surface area contributed by atoms with E-state index in [4.69, 9.17) is 4.74 Å². The molecule has 1 aliphatic rings. The Hall–Kier alpha value is -1.17. The third kappa shape index (κ3) is 4.76. The standard InChI is InChI=1S/C21H29BrN2O2/c1-3-13-26-18-7-11-23(12-8-18)9-4-10-24-15-20(16(2)25)19-6-5-17(22)14-21(19)24/h5-6,14-15,18H,3-4,7-13H2,1-2H3. The minimum Gasteiger partial charge on any atom is -0.378 e. The number of fused-ring (bicyclic) bond motifs is 1. The van der Waals surface area contributed by atoms with E-state index in [1.807, 2.05) is 18.3 Å². The fourth-order valence-corrected chi connectivity index (χ4v) is 4.13. The first-order valence-corrected chi connectivity index (χ1v) is 10.5. The molecule has 142 valence electrons. The quantitative estimate of drug-likeness (QED) is 0.570. The number of aryl methyl sites for hydroxylation is 1. The maximum atomic E-state index is 11.9. The molecule has 1 aromatic heterocycles. The van der Waals surface area contributed by atoms with Crippen LogP contribution in [0.5, 0.6) is 0 Å². The number of likely N-dealkylation sites (tertiary alicyclic amines) is 1. The third-order valence-corrected chi connectivity index (χ3v) is 5.68. The van der Waals surface area contributed by atoms with Crippen LogP contribution in [0.25, 0.3) is 10.9 Å². The number of nitrogens with zero attached hydrogens (tertiary/aromatic N) is 2. The molecule has 0 N–H and O–H groups in total. The molecular formula is C21H29BrN2O2. The monoisotopic (exact) mass is 420 g/mol. The van der Waals surface area contributed by atoms with Gasteiger partial charge in [-0.05, 0) is 51.3 Å². The van der Waals surface area contributed by atoms with E-state index in [1.165, 1.54) is 0 Å². The normalized spacial score (nSPS) is 16.4. The fourth-order valence-electron chi connectivity index (χ4n) is 3.78. The Morgan fingerprint density at radius 2 is 2.04 bits per heavy atom. The van der Waals surface area contributed by atoms with E-state index in [1.54, 1.807) is 6.92 Å². The molecule has 1 fully saturated rings. The molecular weight excluding hydrogens is 392 g/mol. The zero-order chi connectivity index (χ0) is 18.5. The minimum atomic E-state index is 0.130. The first-order valence-electron chi connectivity index (χ1n) is 9.71. The zero-order valence-corrected chi connectivity index (χ0v) is 17.4. The average Bonchev–Trinajstić information content (AvgIpc) is 2.99. The van der Waals surface area contributed by atoms with Crippen LogP contribution in [0.1, 0.15) is 49.9 Å². The van der Waals surface area contributed by atoms with Crippen molar-refractivity contribution in [2.24, 2.45) is 0 Å². The van der Waals surface area contributed by atoms with Crippen molar-refractivity contribution in [3.8, 4) is 0 Å². The van der Waals surface area contributed by atoms with Crippen LogP contribution in [0.3, 0.4) is 0 Å². The lowest BCUT2D eigenvalue weighted by molar-refractivity contribution is 0.00759. The van der Waals surface area contributed by atoms with Gasteiger partial charge in [-0.1, -0.05) is 28.9 Å². The van der Waals surface area contributed by atoms with E-state index in [-0.39, 0.29) is 5.78 Å². The predicted molar refractivity (Wildman–Crippen MR) is 110 cm³/mol. The molecule has 26 heavy (non-hydrogen) atoms. The molecule has 1 saturated heterocycles. The Morgan fingerprint density at radius 1 is 1.27 bits per heavy atom. The summed E-state index contributed by atoms with van der Waals surface area (Å²) in [6, 6.07) is 6.15. The topological polar surface area (TPSA) is 34.5 Å². The van der Waals surface area contributed by atoms with Crippen LogP contribution in [0.2, 0.25) is 0 Å². The van der Waals surface area contributed by atoms with Crippen LogP contribution in [0, 0.1) is 0 Å². The molecule has 0 atom stereocenters. The summed E-state index contributed by atoms with van der Waals surface area (Å²) in [7, 11) is 0. The Bertz CT molecular complexity index is 748. The van der Waals surface area contributed by atoms with Crippen LogP contribution < -0.4 is 0 Å². The number of halogens is 1. The first-order chi connectivity index (χ1) is 12.6. The lowest BCUT2D eigenvalue weighted by Gasteiger charge is -2.31. The zero-order valence-electron chi connectivity index (χ0n) is 15.8. The molecule has 0 unspecified atom stereocenters. The number of hydrogen-bond acceptors (Lipinski definition) is 3. The predicted octanol–water partition coefficient (Wildman–Crippen LogP) is 4.89. The summed E-state index contributed by atoms with van der Waals surface area (Å²) in [6.45, 7) is 8.99. The van der Waals surface area contributed by atoms with Gasteiger partial charge in [0.2, 0.25) is 0 Å². The maximum Gasteiger partial charge on any atom is 0.161 e. The Balaban J connectivity index is 1.56. The molecule has 0 spiro atoms. The molecule has 4 nitrogen and oxygen atoms in total. The van der Waals surface area contributed by atoms with Gasteiger partial charge in [0.1, 0.15) is 0 Å². The molecule has 0 aliphatic carbocycles.